The molecule has 0 radical (unpaired) electrons. The Morgan fingerprint density at radius 1 is 1.21 bits per heavy atom. The summed E-state index contributed by atoms with van der Waals surface area (Å²) in [5.41, 5.74) is 2.42. The molecule has 0 spiro atoms. The van der Waals surface area contributed by atoms with Crippen molar-refractivity contribution in [1.29, 1.82) is 0 Å². The molecule has 29 heavy (non-hydrogen) atoms. The molecule has 0 unspecified atom stereocenters. The van der Waals surface area contributed by atoms with Crippen LogP contribution in [0, 0.1) is 6.92 Å². The highest BCUT2D eigenvalue weighted by atomic mass is 16.5. The van der Waals surface area contributed by atoms with Crippen LogP contribution in [0.5, 0.6) is 5.75 Å². The highest BCUT2D eigenvalue weighted by molar-refractivity contribution is 5.93. The van der Waals surface area contributed by atoms with Gasteiger partial charge >= 0.3 is 0 Å². The number of para-hydroxylation sites is 1. The zero-order valence-electron chi connectivity index (χ0n) is 16.8. The molecule has 1 amide bonds. The number of methoxy groups -OCH3 is 1. The Morgan fingerprint density at radius 2 is 2.07 bits per heavy atom. The van der Waals surface area contributed by atoms with E-state index >= 15 is 0 Å². The molecule has 1 saturated heterocycles. The lowest BCUT2D eigenvalue weighted by Gasteiger charge is -2.33. The number of nitrogens with zero attached hydrogens (tertiary/aromatic N) is 3. The van der Waals surface area contributed by atoms with Crippen molar-refractivity contribution in [1.82, 2.24) is 14.9 Å². The molecule has 3 aromatic rings. The molecule has 1 aliphatic heterocycles. The molecule has 3 heterocycles. The van der Waals surface area contributed by atoms with E-state index in [0.717, 1.165) is 41.9 Å². The quantitative estimate of drug-likeness (QED) is 0.647. The summed E-state index contributed by atoms with van der Waals surface area (Å²) in [6, 6.07) is 11.5. The minimum atomic E-state index is -0.163. The lowest BCUT2D eigenvalue weighted by molar-refractivity contribution is 0.0563. The normalized spacial score (nSPS) is 16.6. The fourth-order valence-electron chi connectivity index (χ4n) is 3.87. The molecule has 2 aromatic heterocycles. The zero-order chi connectivity index (χ0) is 20.2. The highest BCUT2D eigenvalue weighted by Crippen LogP contribution is 2.32. The molecule has 1 fully saturated rings. The van der Waals surface area contributed by atoms with Crippen molar-refractivity contribution in [2.45, 2.75) is 38.6 Å². The van der Waals surface area contributed by atoms with Crippen molar-refractivity contribution in [3.05, 3.63) is 77.3 Å². The topological polar surface area (TPSA) is 68.5 Å². The van der Waals surface area contributed by atoms with Gasteiger partial charge in [0.05, 0.1) is 13.3 Å². The van der Waals surface area contributed by atoms with Crippen molar-refractivity contribution >= 4 is 5.91 Å². The second-order valence-corrected chi connectivity index (χ2v) is 7.33. The largest absolute Gasteiger partial charge is 0.496 e. The summed E-state index contributed by atoms with van der Waals surface area (Å²) in [4.78, 5) is 23.8. The molecule has 4 rings (SSSR count). The zero-order valence-corrected chi connectivity index (χ0v) is 16.8. The second-order valence-electron chi connectivity index (χ2n) is 7.33. The number of aromatic nitrogens is 2. The van der Waals surface area contributed by atoms with Crippen LogP contribution in [0.25, 0.3) is 0 Å². The third-order valence-electron chi connectivity index (χ3n) is 5.39. The maximum atomic E-state index is 13.2. The Balaban J connectivity index is 1.57. The van der Waals surface area contributed by atoms with Crippen LogP contribution in [-0.4, -0.2) is 34.4 Å². The number of pyridine rings is 1. The lowest BCUT2D eigenvalue weighted by Crippen LogP contribution is -2.39. The van der Waals surface area contributed by atoms with Crippen LogP contribution < -0.4 is 4.74 Å². The summed E-state index contributed by atoms with van der Waals surface area (Å²) in [7, 11) is 1.66. The van der Waals surface area contributed by atoms with Crippen molar-refractivity contribution in [3.63, 3.8) is 0 Å². The molecule has 1 aliphatic rings. The van der Waals surface area contributed by atoms with Gasteiger partial charge in [-0.2, -0.15) is 0 Å². The number of amides is 1. The molecule has 1 aromatic carbocycles. The second kappa shape index (κ2) is 8.47. The number of rotatable bonds is 5. The number of carbonyl (C=O) groups excluding carboxylic acids is 1. The number of benzene rings is 1. The van der Waals surface area contributed by atoms with Crippen LogP contribution in [0.15, 0.2) is 53.2 Å². The Labute approximate surface area is 170 Å². The van der Waals surface area contributed by atoms with E-state index in [1.807, 2.05) is 48.2 Å². The maximum absolute atomic E-state index is 13.2. The number of piperidine rings is 1. The molecule has 150 valence electrons. The fraction of sp³-hybridized carbons (Fsp3) is 0.348. The number of likely N-dealkylation sites (tertiary alicyclic amines) is 1. The van der Waals surface area contributed by atoms with E-state index in [-0.39, 0.29) is 11.9 Å². The number of carbonyl (C=O) groups is 1. The third-order valence-corrected chi connectivity index (χ3v) is 5.39. The predicted octanol–water partition coefficient (Wildman–Crippen LogP) is 4.34. The molecule has 6 nitrogen and oxygen atoms in total. The Bertz CT molecular complexity index is 998. The van der Waals surface area contributed by atoms with Crippen LogP contribution >= 0.6 is 0 Å². The van der Waals surface area contributed by atoms with Gasteiger partial charge in [0.25, 0.3) is 5.91 Å². The summed E-state index contributed by atoms with van der Waals surface area (Å²) in [5.74, 6) is 2.12. The van der Waals surface area contributed by atoms with Crippen LogP contribution in [0.2, 0.25) is 0 Å². The van der Waals surface area contributed by atoms with E-state index in [1.165, 1.54) is 0 Å². The van der Waals surface area contributed by atoms with Gasteiger partial charge in [-0.1, -0.05) is 24.3 Å². The van der Waals surface area contributed by atoms with Gasteiger partial charge in [0.1, 0.15) is 23.2 Å². The van der Waals surface area contributed by atoms with Crippen molar-refractivity contribution in [3.8, 4) is 5.75 Å². The van der Waals surface area contributed by atoms with E-state index in [0.29, 0.717) is 24.6 Å². The van der Waals surface area contributed by atoms with E-state index < -0.39 is 0 Å². The molecule has 1 atom stereocenters. The first-order valence-electron chi connectivity index (χ1n) is 9.96. The molecule has 0 bridgehead atoms. The highest BCUT2D eigenvalue weighted by Gasteiger charge is 2.33. The van der Waals surface area contributed by atoms with Gasteiger partial charge < -0.3 is 14.1 Å². The Hall–Kier alpha value is -3.15. The van der Waals surface area contributed by atoms with Gasteiger partial charge in [-0.25, -0.2) is 4.98 Å². The molecule has 0 N–H and O–H groups in total. The number of aryl methyl sites for hydroxylation is 1. The summed E-state index contributed by atoms with van der Waals surface area (Å²) >= 11 is 0. The molecule has 0 aliphatic carbocycles. The van der Waals surface area contributed by atoms with Gasteiger partial charge in [0.2, 0.25) is 5.89 Å². The summed E-state index contributed by atoms with van der Waals surface area (Å²) in [6.45, 7) is 2.60. The van der Waals surface area contributed by atoms with Gasteiger partial charge in [-0.05, 0) is 43.9 Å². The minimum absolute atomic E-state index is 0.0581. The number of hydrogen-bond donors (Lipinski definition) is 0. The van der Waals surface area contributed by atoms with Crippen LogP contribution in [-0.2, 0) is 6.42 Å². The van der Waals surface area contributed by atoms with E-state index in [1.54, 1.807) is 19.5 Å². The average Bonchev–Trinajstić information content (AvgIpc) is 3.22. The van der Waals surface area contributed by atoms with Crippen molar-refractivity contribution < 1.29 is 13.9 Å². The van der Waals surface area contributed by atoms with Gasteiger partial charge in [-0.15, -0.1) is 0 Å². The van der Waals surface area contributed by atoms with Crippen molar-refractivity contribution in [2.24, 2.45) is 0 Å². The van der Waals surface area contributed by atoms with Crippen LogP contribution in [0.3, 0.4) is 0 Å². The first-order chi connectivity index (χ1) is 14.2. The molecule has 0 saturated carbocycles. The number of hydrogen-bond acceptors (Lipinski definition) is 5. The maximum Gasteiger partial charge on any atom is 0.273 e. The first kappa shape index (κ1) is 19.2. The first-order valence-corrected chi connectivity index (χ1v) is 9.96. The SMILES string of the molecule is COc1ccccc1Cc1cnc([C@@H]2CCCCN2C(=O)c2ncccc2C)o1. The fourth-order valence-corrected chi connectivity index (χ4v) is 3.87. The summed E-state index contributed by atoms with van der Waals surface area (Å²) in [5, 5.41) is 0. The Kier molecular flexibility index (Phi) is 5.60. The monoisotopic (exact) mass is 391 g/mol. The smallest absolute Gasteiger partial charge is 0.273 e. The third kappa shape index (κ3) is 4.01. The van der Waals surface area contributed by atoms with E-state index in [4.69, 9.17) is 9.15 Å². The van der Waals surface area contributed by atoms with E-state index in [2.05, 4.69) is 9.97 Å². The average molecular weight is 391 g/mol. The van der Waals surface area contributed by atoms with E-state index in [9.17, 15) is 4.79 Å². The summed E-state index contributed by atoms with van der Waals surface area (Å²) in [6.07, 6.45) is 6.87. The van der Waals surface area contributed by atoms with Crippen LogP contribution in [0.4, 0.5) is 0 Å². The molecular formula is C23H25N3O3. The van der Waals surface area contributed by atoms with Crippen LogP contribution in [0.1, 0.15) is 58.6 Å². The van der Waals surface area contributed by atoms with Gasteiger partial charge in [0.15, 0.2) is 0 Å². The minimum Gasteiger partial charge on any atom is -0.496 e. The number of oxazole rings is 1. The van der Waals surface area contributed by atoms with Gasteiger partial charge in [-0.3, -0.25) is 9.78 Å². The number of ether oxygens (including phenoxy) is 1. The van der Waals surface area contributed by atoms with Crippen molar-refractivity contribution in [2.75, 3.05) is 13.7 Å². The van der Waals surface area contributed by atoms with Gasteiger partial charge in [0, 0.05) is 24.7 Å². The summed E-state index contributed by atoms with van der Waals surface area (Å²) < 4.78 is 11.5. The standard InChI is InChI=1S/C23H25N3O3/c1-16-8-7-12-24-21(16)23(27)26-13-6-5-10-19(26)22-25-15-18(29-22)14-17-9-3-4-11-20(17)28-2/h3-4,7-9,11-12,15,19H,5-6,10,13-14H2,1-2H3/t19-/m0/s1. The molecular weight excluding hydrogens is 366 g/mol. The Morgan fingerprint density at radius 3 is 2.90 bits per heavy atom. The predicted molar refractivity (Wildman–Crippen MR) is 109 cm³/mol. The molecule has 6 heteroatoms. The lowest BCUT2D eigenvalue weighted by atomic mass is 10.0.